The molecule has 0 aliphatic carbocycles. The second-order valence-corrected chi connectivity index (χ2v) is 5.61. The molecule has 0 aliphatic heterocycles. The normalized spacial score (nSPS) is 11.5. The lowest BCUT2D eigenvalue weighted by Crippen LogP contribution is -1.97. The molecule has 0 spiro atoms. The molecule has 2 aromatic heterocycles. The fourth-order valence-electron chi connectivity index (χ4n) is 2.65. The van der Waals surface area contributed by atoms with E-state index in [0.717, 1.165) is 23.2 Å². The molecule has 0 radical (unpaired) electrons. The number of fused-ring (bicyclic) bond motifs is 1. The second kappa shape index (κ2) is 6.23. The van der Waals surface area contributed by atoms with Gasteiger partial charge in [0.15, 0.2) is 5.82 Å². The topological polar surface area (TPSA) is 79.3 Å². The number of azo groups is 1. The average Bonchev–Trinajstić information content (AvgIpc) is 2.87. The summed E-state index contributed by atoms with van der Waals surface area (Å²) in [6.45, 7) is 5.93. The standard InChI is InChI=1S/C18H18N4O2/c1-4-13-7-5-6-11(2)16(13)20-21-17-12(3)19-15-10-14(18(23)24)8-9-22(15)17/h5-10H,4H2,1-3H3,(H,23,24). The summed E-state index contributed by atoms with van der Waals surface area (Å²) in [5, 5.41) is 17.9. The van der Waals surface area contributed by atoms with E-state index in [-0.39, 0.29) is 5.56 Å². The summed E-state index contributed by atoms with van der Waals surface area (Å²) in [5.74, 6) is -0.374. The van der Waals surface area contributed by atoms with Crippen LogP contribution in [0.3, 0.4) is 0 Å². The van der Waals surface area contributed by atoms with E-state index in [0.29, 0.717) is 17.2 Å². The predicted molar refractivity (Wildman–Crippen MR) is 91.6 cm³/mol. The molecule has 2 heterocycles. The van der Waals surface area contributed by atoms with Gasteiger partial charge in [-0.3, -0.25) is 4.40 Å². The molecular weight excluding hydrogens is 304 g/mol. The molecule has 0 fully saturated rings. The molecule has 0 atom stereocenters. The molecule has 122 valence electrons. The van der Waals surface area contributed by atoms with Crippen molar-refractivity contribution >= 4 is 23.1 Å². The van der Waals surface area contributed by atoms with Crippen LogP contribution in [0, 0.1) is 13.8 Å². The summed E-state index contributed by atoms with van der Waals surface area (Å²) in [4.78, 5) is 15.5. The molecule has 0 aliphatic rings. The van der Waals surface area contributed by atoms with Gasteiger partial charge in [0.2, 0.25) is 0 Å². The van der Waals surface area contributed by atoms with Crippen LogP contribution in [0.15, 0.2) is 46.8 Å². The van der Waals surface area contributed by atoms with Crippen molar-refractivity contribution in [3.63, 3.8) is 0 Å². The average molecular weight is 322 g/mol. The number of carboxylic acids is 1. The van der Waals surface area contributed by atoms with Gasteiger partial charge in [0.25, 0.3) is 0 Å². The third-order valence-corrected chi connectivity index (χ3v) is 3.96. The lowest BCUT2D eigenvalue weighted by molar-refractivity contribution is 0.0697. The lowest BCUT2D eigenvalue weighted by Gasteiger charge is -2.05. The van der Waals surface area contributed by atoms with Gasteiger partial charge in [-0.1, -0.05) is 25.1 Å². The van der Waals surface area contributed by atoms with Crippen LogP contribution >= 0.6 is 0 Å². The number of aromatic nitrogens is 2. The molecule has 6 nitrogen and oxygen atoms in total. The smallest absolute Gasteiger partial charge is 0.335 e. The van der Waals surface area contributed by atoms with Gasteiger partial charge in [0.05, 0.1) is 16.9 Å². The van der Waals surface area contributed by atoms with E-state index in [1.807, 2.05) is 32.0 Å². The minimum atomic E-state index is -0.978. The minimum absolute atomic E-state index is 0.197. The highest BCUT2D eigenvalue weighted by Crippen LogP contribution is 2.28. The first-order valence-corrected chi connectivity index (χ1v) is 7.73. The van der Waals surface area contributed by atoms with Crippen molar-refractivity contribution in [1.82, 2.24) is 9.38 Å². The molecule has 0 saturated heterocycles. The van der Waals surface area contributed by atoms with Crippen molar-refractivity contribution in [2.24, 2.45) is 10.2 Å². The molecular formula is C18H18N4O2. The van der Waals surface area contributed by atoms with E-state index in [1.165, 1.54) is 12.1 Å². The van der Waals surface area contributed by atoms with Crippen LogP contribution in [0.4, 0.5) is 11.5 Å². The Morgan fingerprint density at radius 1 is 1.25 bits per heavy atom. The van der Waals surface area contributed by atoms with Gasteiger partial charge >= 0.3 is 5.97 Å². The molecule has 3 aromatic rings. The number of hydrogen-bond donors (Lipinski definition) is 1. The summed E-state index contributed by atoms with van der Waals surface area (Å²) in [6, 6.07) is 9.12. The summed E-state index contributed by atoms with van der Waals surface area (Å²) >= 11 is 0. The van der Waals surface area contributed by atoms with Crippen molar-refractivity contribution in [2.75, 3.05) is 0 Å². The first kappa shape index (κ1) is 15.9. The molecule has 6 heteroatoms. The highest BCUT2D eigenvalue weighted by molar-refractivity contribution is 5.88. The number of carboxylic acid groups (broad SMARTS) is 1. The zero-order valence-corrected chi connectivity index (χ0v) is 13.8. The highest BCUT2D eigenvalue weighted by atomic mass is 16.4. The Kier molecular flexibility index (Phi) is 4.12. The van der Waals surface area contributed by atoms with Crippen molar-refractivity contribution in [2.45, 2.75) is 27.2 Å². The van der Waals surface area contributed by atoms with E-state index in [9.17, 15) is 4.79 Å². The number of imidazole rings is 1. The maximum absolute atomic E-state index is 11.1. The van der Waals surface area contributed by atoms with Crippen LogP contribution < -0.4 is 0 Å². The van der Waals surface area contributed by atoms with Crippen molar-refractivity contribution in [3.05, 3.63) is 58.9 Å². The molecule has 1 N–H and O–H groups in total. The molecule has 0 amide bonds. The maximum Gasteiger partial charge on any atom is 0.335 e. The Labute approximate surface area is 139 Å². The van der Waals surface area contributed by atoms with E-state index in [2.05, 4.69) is 22.1 Å². The Bertz CT molecular complexity index is 957. The zero-order chi connectivity index (χ0) is 17.3. The van der Waals surface area contributed by atoms with Crippen LogP contribution in [0.2, 0.25) is 0 Å². The van der Waals surface area contributed by atoms with Crippen molar-refractivity contribution in [3.8, 4) is 0 Å². The van der Waals surface area contributed by atoms with E-state index >= 15 is 0 Å². The monoisotopic (exact) mass is 322 g/mol. The lowest BCUT2D eigenvalue weighted by atomic mass is 10.1. The molecule has 3 rings (SSSR count). The first-order chi connectivity index (χ1) is 11.5. The number of nitrogens with zero attached hydrogens (tertiary/aromatic N) is 4. The van der Waals surface area contributed by atoms with Gasteiger partial charge in [-0.25, -0.2) is 9.78 Å². The van der Waals surface area contributed by atoms with Gasteiger partial charge in [-0.2, -0.15) is 0 Å². The van der Waals surface area contributed by atoms with Crippen LogP contribution in [0.25, 0.3) is 5.65 Å². The SMILES string of the molecule is CCc1cccc(C)c1N=Nc1c(C)nc2cc(C(=O)O)ccn12. The summed E-state index contributed by atoms with van der Waals surface area (Å²) in [6.07, 6.45) is 2.54. The fraction of sp³-hybridized carbons (Fsp3) is 0.222. The number of benzene rings is 1. The third kappa shape index (κ3) is 2.78. The Morgan fingerprint density at radius 3 is 2.75 bits per heavy atom. The molecule has 1 aromatic carbocycles. The Balaban J connectivity index is 2.08. The number of aryl methyl sites for hydroxylation is 3. The predicted octanol–water partition coefficient (Wildman–Crippen LogP) is 4.63. The van der Waals surface area contributed by atoms with Crippen LogP contribution in [-0.2, 0) is 6.42 Å². The Morgan fingerprint density at radius 2 is 2.04 bits per heavy atom. The number of hydrogen-bond acceptors (Lipinski definition) is 4. The quantitative estimate of drug-likeness (QED) is 0.711. The Hall–Kier alpha value is -3.02. The fourth-order valence-corrected chi connectivity index (χ4v) is 2.65. The number of pyridine rings is 1. The van der Waals surface area contributed by atoms with E-state index < -0.39 is 5.97 Å². The van der Waals surface area contributed by atoms with Gasteiger partial charge in [0, 0.05) is 6.20 Å². The number of carbonyl (C=O) groups is 1. The zero-order valence-electron chi connectivity index (χ0n) is 13.8. The largest absolute Gasteiger partial charge is 0.478 e. The summed E-state index contributed by atoms with van der Waals surface area (Å²) in [5.41, 5.74) is 4.52. The molecule has 0 saturated carbocycles. The van der Waals surface area contributed by atoms with Crippen LogP contribution in [-0.4, -0.2) is 20.5 Å². The van der Waals surface area contributed by atoms with Gasteiger partial charge < -0.3 is 5.11 Å². The highest BCUT2D eigenvalue weighted by Gasteiger charge is 2.11. The van der Waals surface area contributed by atoms with Crippen molar-refractivity contribution < 1.29 is 9.90 Å². The minimum Gasteiger partial charge on any atom is -0.478 e. The summed E-state index contributed by atoms with van der Waals surface area (Å²) < 4.78 is 1.75. The van der Waals surface area contributed by atoms with E-state index in [1.54, 1.807) is 10.6 Å². The van der Waals surface area contributed by atoms with Crippen molar-refractivity contribution in [1.29, 1.82) is 0 Å². The number of rotatable bonds is 4. The first-order valence-electron chi connectivity index (χ1n) is 7.73. The van der Waals surface area contributed by atoms with E-state index in [4.69, 9.17) is 5.11 Å². The van der Waals surface area contributed by atoms with Crippen LogP contribution in [0.5, 0.6) is 0 Å². The molecule has 24 heavy (non-hydrogen) atoms. The van der Waals surface area contributed by atoms with Gasteiger partial charge in [-0.05, 0) is 43.5 Å². The van der Waals surface area contributed by atoms with Crippen LogP contribution in [0.1, 0.15) is 34.1 Å². The number of aromatic carboxylic acids is 1. The molecule has 0 bridgehead atoms. The summed E-state index contributed by atoms with van der Waals surface area (Å²) in [7, 11) is 0. The second-order valence-electron chi connectivity index (χ2n) is 5.61. The third-order valence-electron chi connectivity index (χ3n) is 3.96. The molecule has 0 unspecified atom stereocenters. The van der Waals surface area contributed by atoms with Gasteiger partial charge in [0.1, 0.15) is 5.65 Å². The van der Waals surface area contributed by atoms with Gasteiger partial charge in [-0.15, -0.1) is 10.2 Å². The maximum atomic E-state index is 11.1.